The summed E-state index contributed by atoms with van der Waals surface area (Å²) in [6.07, 6.45) is 0.0250. The molecular weight excluding hydrogens is 631 g/mol. The van der Waals surface area contributed by atoms with E-state index < -0.39 is 35.4 Å². The number of nitrogens with two attached hydrogens (primary N) is 1. The number of amides is 2. The van der Waals surface area contributed by atoms with Gasteiger partial charge in [-0.05, 0) is 59.9 Å². The van der Waals surface area contributed by atoms with Crippen molar-refractivity contribution >= 4 is 23.2 Å². The molecule has 13 heteroatoms. The molecule has 2 amide bonds. The van der Waals surface area contributed by atoms with Gasteiger partial charge in [-0.2, -0.15) is 0 Å². The molecule has 5 aromatic rings. The first kappa shape index (κ1) is 33.5. The predicted molar refractivity (Wildman–Crippen MR) is 170 cm³/mol. The molecule has 5 rings (SSSR count). The average molecular weight is 664 g/mol. The van der Waals surface area contributed by atoms with E-state index in [-0.39, 0.29) is 41.1 Å². The van der Waals surface area contributed by atoms with Gasteiger partial charge in [0.05, 0.1) is 33.5 Å². The number of aromatic nitrogens is 3. The standard InChI is InChI=1S/C34H32F3N5O4S/c1-17(2)13-24-29(32(38)43)31(27-11-12-28(47-27)33(44)39-16-19-5-10-22(36)23(37)14-19)30(34-42-41-18(3)46-34)25(40-24)15-26(45-4)20-6-8-21(35)9-7-20/h5-12,14,17,26H,13,15-16H2,1-4H3,(H2,38,43)(H,39,44)/t26-/m1/s1. The number of nitrogens with one attached hydrogen (secondary N) is 1. The molecule has 0 fully saturated rings. The summed E-state index contributed by atoms with van der Waals surface area (Å²) >= 11 is 1.10. The fourth-order valence-electron chi connectivity index (χ4n) is 5.21. The van der Waals surface area contributed by atoms with Gasteiger partial charge in [-0.3, -0.25) is 14.6 Å². The Morgan fingerprint density at radius 2 is 1.70 bits per heavy atom. The number of aryl methyl sites for hydroxylation is 1. The van der Waals surface area contributed by atoms with E-state index in [2.05, 4.69) is 15.5 Å². The van der Waals surface area contributed by atoms with Crippen LogP contribution in [0.25, 0.3) is 21.9 Å². The molecule has 244 valence electrons. The van der Waals surface area contributed by atoms with Crippen LogP contribution in [0.3, 0.4) is 0 Å². The lowest BCUT2D eigenvalue weighted by atomic mass is 9.90. The van der Waals surface area contributed by atoms with E-state index >= 15 is 0 Å². The number of hydrogen-bond acceptors (Lipinski definition) is 8. The van der Waals surface area contributed by atoms with Crippen LogP contribution in [0.4, 0.5) is 13.2 Å². The second kappa shape index (κ2) is 14.3. The Bertz CT molecular complexity index is 1920. The third kappa shape index (κ3) is 7.58. The smallest absolute Gasteiger partial charge is 0.261 e. The predicted octanol–water partition coefficient (Wildman–Crippen LogP) is 6.74. The zero-order chi connectivity index (χ0) is 33.8. The van der Waals surface area contributed by atoms with Crippen LogP contribution in [0, 0.1) is 30.3 Å². The molecule has 0 saturated carbocycles. The lowest BCUT2D eigenvalue weighted by molar-refractivity contribution is 0.0953. The second-order valence-electron chi connectivity index (χ2n) is 11.3. The SMILES string of the molecule is CO[C@H](Cc1nc(CC(C)C)c(C(N)=O)c(-c2ccc(C(=O)NCc3ccc(F)c(F)c3)s2)c1-c1nnc(C)o1)c1ccc(F)cc1. The summed E-state index contributed by atoms with van der Waals surface area (Å²) < 4.78 is 52.5. The monoisotopic (exact) mass is 663 g/mol. The number of primary amides is 1. The van der Waals surface area contributed by atoms with E-state index in [1.54, 1.807) is 31.2 Å². The van der Waals surface area contributed by atoms with Crippen molar-refractivity contribution in [2.45, 2.75) is 46.3 Å². The molecule has 0 spiro atoms. The second-order valence-corrected chi connectivity index (χ2v) is 12.4. The molecule has 0 saturated heterocycles. The first-order valence-corrected chi connectivity index (χ1v) is 15.5. The Kier molecular flexibility index (Phi) is 10.2. The summed E-state index contributed by atoms with van der Waals surface area (Å²) in [5, 5.41) is 11.0. The van der Waals surface area contributed by atoms with Crippen LogP contribution < -0.4 is 11.1 Å². The zero-order valence-electron chi connectivity index (χ0n) is 26.1. The summed E-state index contributed by atoms with van der Waals surface area (Å²) in [6, 6.07) is 12.6. The van der Waals surface area contributed by atoms with Crippen LogP contribution in [0.15, 0.2) is 59.0 Å². The Hall–Kier alpha value is -4.88. The highest BCUT2D eigenvalue weighted by molar-refractivity contribution is 7.17. The Balaban J connectivity index is 1.64. The van der Waals surface area contributed by atoms with Crippen LogP contribution in [0.5, 0.6) is 0 Å². The summed E-state index contributed by atoms with van der Waals surface area (Å²) in [5.74, 6) is -3.13. The zero-order valence-corrected chi connectivity index (χ0v) is 26.9. The molecule has 47 heavy (non-hydrogen) atoms. The van der Waals surface area contributed by atoms with E-state index in [1.807, 2.05) is 13.8 Å². The molecule has 0 aliphatic carbocycles. The molecule has 1 atom stereocenters. The summed E-state index contributed by atoms with van der Waals surface area (Å²) in [6.45, 7) is 5.56. The topological polar surface area (TPSA) is 133 Å². The molecule has 0 bridgehead atoms. The van der Waals surface area contributed by atoms with Gasteiger partial charge in [0, 0.05) is 37.4 Å². The minimum Gasteiger partial charge on any atom is -0.421 e. The quantitative estimate of drug-likeness (QED) is 0.151. The molecule has 0 aliphatic heterocycles. The van der Waals surface area contributed by atoms with Crippen LogP contribution in [0.1, 0.15) is 68.4 Å². The Labute approximate surface area is 273 Å². The molecule has 2 aromatic carbocycles. The van der Waals surface area contributed by atoms with Gasteiger partial charge in [-0.1, -0.05) is 32.0 Å². The fourth-order valence-corrected chi connectivity index (χ4v) is 6.19. The highest BCUT2D eigenvalue weighted by Crippen LogP contribution is 2.42. The van der Waals surface area contributed by atoms with Gasteiger partial charge in [0.15, 0.2) is 11.6 Å². The van der Waals surface area contributed by atoms with Gasteiger partial charge < -0.3 is 20.2 Å². The van der Waals surface area contributed by atoms with E-state index in [4.69, 9.17) is 19.9 Å². The lowest BCUT2D eigenvalue weighted by Crippen LogP contribution is -2.22. The van der Waals surface area contributed by atoms with Crippen molar-refractivity contribution < 1.29 is 31.9 Å². The molecule has 9 nitrogen and oxygen atoms in total. The number of benzene rings is 2. The lowest BCUT2D eigenvalue weighted by Gasteiger charge is -2.22. The molecule has 0 aliphatic rings. The first-order valence-electron chi connectivity index (χ1n) is 14.7. The normalized spacial score (nSPS) is 12.0. The third-order valence-electron chi connectivity index (χ3n) is 7.35. The van der Waals surface area contributed by atoms with Crippen LogP contribution in [-0.2, 0) is 24.1 Å². The number of nitrogens with zero attached hydrogens (tertiary/aromatic N) is 3. The molecule has 3 aromatic heterocycles. The van der Waals surface area contributed by atoms with Crippen molar-refractivity contribution in [3.05, 3.63) is 111 Å². The summed E-state index contributed by atoms with van der Waals surface area (Å²) in [5.41, 5.74) is 8.91. The Morgan fingerprint density at radius 1 is 0.957 bits per heavy atom. The highest BCUT2D eigenvalue weighted by atomic mass is 32.1. The van der Waals surface area contributed by atoms with Crippen molar-refractivity contribution in [3.8, 4) is 21.9 Å². The third-order valence-corrected chi connectivity index (χ3v) is 8.45. The number of thiophene rings is 1. The number of methoxy groups -OCH3 is 1. The van der Waals surface area contributed by atoms with Gasteiger partial charge in [-0.25, -0.2) is 13.2 Å². The maximum atomic E-state index is 13.7. The molecule has 0 unspecified atom stereocenters. The average Bonchev–Trinajstić information content (AvgIpc) is 3.69. The fraction of sp³-hybridized carbons (Fsp3) is 0.265. The molecular formula is C34H32F3N5O4S. The number of pyridine rings is 1. The van der Waals surface area contributed by atoms with Gasteiger partial charge in [-0.15, -0.1) is 21.5 Å². The number of halogens is 3. The van der Waals surface area contributed by atoms with Gasteiger partial charge >= 0.3 is 0 Å². The molecule has 3 heterocycles. The maximum absolute atomic E-state index is 13.7. The van der Waals surface area contributed by atoms with Crippen molar-refractivity contribution in [1.82, 2.24) is 20.5 Å². The van der Waals surface area contributed by atoms with E-state index in [0.29, 0.717) is 44.9 Å². The largest absolute Gasteiger partial charge is 0.421 e. The highest BCUT2D eigenvalue weighted by Gasteiger charge is 2.30. The van der Waals surface area contributed by atoms with E-state index in [9.17, 15) is 22.8 Å². The number of ether oxygens (including phenoxy) is 1. The van der Waals surface area contributed by atoms with Crippen molar-refractivity contribution in [3.63, 3.8) is 0 Å². The van der Waals surface area contributed by atoms with E-state index in [1.165, 1.54) is 25.3 Å². The van der Waals surface area contributed by atoms with Crippen molar-refractivity contribution in [1.29, 1.82) is 0 Å². The minimum atomic E-state index is -1.02. The number of carbonyl (C=O) groups excluding carboxylic acids is 2. The number of rotatable bonds is 12. The summed E-state index contributed by atoms with van der Waals surface area (Å²) in [4.78, 5) is 32.1. The van der Waals surface area contributed by atoms with Gasteiger partial charge in [0.2, 0.25) is 11.8 Å². The Morgan fingerprint density at radius 3 is 2.32 bits per heavy atom. The molecule has 0 radical (unpaired) electrons. The van der Waals surface area contributed by atoms with Crippen LogP contribution in [0.2, 0.25) is 0 Å². The van der Waals surface area contributed by atoms with E-state index in [0.717, 1.165) is 23.5 Å². The van der Waals surface area contributed by atoms with Crippen LogP contribution in [-0.4, -0.2) is 34.1 Å². The van der Waals surface area contributed by atoms with Crippen molar-refractivity contribution in [2.24, 2.45) is 11.7 Å². The van der Waals surface area contributed by atoms with Crippen LogP contribution >= 0.6 is 11.3 Å². The first-order chi connectivity index (χ1) is 22.4. The number of hydrogen-bond donors (Lipinski definition) is 2. The minimum absolute atomic E-state index is 0.0396. The van der Waals surface area contributed by atoms with Gasteiger partial charge in [0.1, 0.15) is 5.82 Å². The van der Waals surface area contributed by atoms with Gasteiger partial charge in [0.25, 0.3) is 11.8 Å². The maximum Gasteiger partial charge on any atom is 0.261 e. The molecule has 3 N–H and O–H groups in total. The van der Waals surface area contributed by atoms with Crippen molar-refractivity contribution in [2.75, 3.05) is 7.11 Å². The summed E-state index contributed by atoms with van der Waals surface area (Å²) in [7, 11) is 1.53. The number of carbonyl (C=O) groups is 2.